The second-order valence-electron chi connectivity index (χ2n) is 12.8. The molecule has 0 unspecified atom stereocenters. The molecule has 5 N–H and O–H groups in total. The van der Waals surface area contributed by atoms with Crippen molar-refractivity contribution in [3.05, 3.63) is 10.1 Å². The molecule has 0 spiro atoms. The summed E-state index contributed by atoms with van der Waals surface area (Å²) in [7, 11) is -0.567. The third kappa shape index (κ3) is 7.03. The largest absolute Gasteiger partial charge is 0.481 e. The number of amides is 2. The highest BCUT2D eigenvalue weighted by atomic mass is 16.7. The highest BCUT2D eigenvalue weighted by molar-refractivity contribution is 6.48. The Balaban J connectivity index is 1.67. The Kier molecular flexibility index (Phi) is 9.90. The van der Waals surface area contributed by atoms with Crippen LogP contribution in [0, 0.1) is 44.6 Å². The van der Waals surface area contributed by atoms with E-state index in [1.165, 1.54) is 0 Å². The minimum atomic E-state index is -0.819. The summed E-state index contributed by atoms with van der Waals surface area (Å²) in [5.74, 6) is -0.269. The zero-order valence-corrected chi connectivity index (χ0v) is 24.5. The molecule has 0 aromatic rings. The van der Waals surface area contributed by atoms with Crippen molar-refractivity contribution in [3.8, 4) is 0 Å². The van der Waals surface area contributed by atoms with Gasteiger partial charge in [-0.3, -0.25) is 15.0 Å². The van der Waals surface area contributed by atoms with Crippen molar-refractivity contribution >= 4 is 24.9 Å². The van der Waals surface area contributed by atoms with Crippen LogP contribution < -0.4 is 21.4 Å². The zero-order valence-electron chi connectivity index (χ0n) is 24.5. The third-order valence-corrected chi connectivity index (χ3v) is 9.22. The first kappa shape index (κ1) is 31.1. The quantitative estimate of drug-likeness (QED) is 0.0582. The first-order valence-electron chi connectivity index (χ1n) is 14.4. The number of nitrogens with one attached hydrogen (secondary N) is 5. The summed E-state index contributed by atoms with van der Waals surface area (Å²) in [6.07, 6.45) is 4.11. The molecule has 0 aromatic carbocycles. The van der Waals surface area contributed by atoms with Crippen LogP contribution in [0.5, 0.6) is 0 Å². The Morgan fingerprint density at radius 1 is 1.15 bits per heavy atom. The van der Waals surface area contributed by atoms with Crippen LogP contribution in [-0.2, 0) is 18.9 Å². The first-order chi connectivity index (χ1) is 18.2. The fourth-order valence-corrected chi connectivity index (χ4v) is 6.52. The molecule has 1 aliphatic heterocycles. The minimum absolute atomic E-state index is 0.000843. The van der Waals surface area contributed by atoms with Crippen molar-refractivity contribution in [1.82, 2.24) is 21.4 Å². The number of carbonyl (C=O) groups is 2. The number of hydrogen-bond acceptors (Lipinski definition) is 7. The summed E-state index contributed by atoms with van der Waals surface area (Å²) in [4.78, 5) is 36.8. The molecule has 12 nitrogen and oxygen atoms in total. The molecule has 4 fully saturated rings. The predicted molar refractivity (Wildman–Crippen MR) is 148 cm³/mol. The smallest absolute Gasteiger partial charge is 0.404 e. The van der Waals surface area contributed by atoms with Gasteiger partial charge in [0.1, 0.15) is 6.04 Å². The van der Waals surface area contributed by atoms with Crippen LogP contribution in [0.25, 0.3) is 0 Å². The molecule has 39 heavy (non-hydrogen) atoms. The van der Waals surface area contributed by atoms with Crippen LogP contribution in [-0.4, -0.2) is 60.2 Å². The highest BCUT2D eigenvalue weighted by Crippen LogP contribution is 2.65. The van der Waals surface area contributed by atoms with Gasteiger partial charge in [0.05, 0.1) is 17.6 Å². The molecule has 13 heteroatoms. The van der Waals surface area contributed by atoms with E-state index < -0.39 is 24.2 Å². The van der Waals surface area contributed by atoms with Crippen LogP contribution in [0.15, 0.2) is 0 Å². The van der Waals surface area contributed by atoms with Crippen molar-refractivity contribution in [3.63, 3.8) is 0 Å². The van der Waals surface area contributed by atoms with Gasteiger partial charge in [0, 0.05) is 12.5 Å². The Labute approximate surface area is 232 Å². The standard InChI is InChI=1S/C26H47BN6O6/c1-8-16(4)22(34)30-18(10-9-11-29-24(28)32-33(36)37)23(35)31-21(12-15(2)3)27-38-20-14-17-13-19(25(17,5)6)26(20,7)39-27/h15-21H,8-14H2,1-7H3,(H,30,34)(H,31,35)(H3,28,29,32)/t16-,17-,18-,19-,20+,21-,26-/m0/s1. The van der Waals surface area contributed by atoms with Crippen LogP contribution in [0.3, 0.4) is 0 Å². The number of nitrogens with zero attached hydrogens (tertiary/aromatic N) is 1. The van der Waals surface area contributed by atoms with Crippen LogP contribution in [0.4, 0.5) is 0 Å². The molecule has 1 saturated heterocycles. The van der Waals surface area contributed by atoms with Crippen molar-refractivity contribution in [2.75, 3.05) is 6.54 Å². The van der Waals surface area contributed by atoms with Gasteiger partial charge in [-0.2, -0.15) is 0 Å². The molecule has 4 rings (SSSR count). The molecule has 3 saturated carbocycles. The molecule has 1 heterocycles. The lowest BCUT2D eigenvalue weighted by Gasteiger charge is -2.64. The van der Waals surface area contributed by atoms with Gasteiger partial charge in [-0.25, -0.2) is 10.1 Å². The molecule has 2 bridgehead atoms. The lowest BCUT2D eigenvalue weighted by Crippen LogP contribution is -2.65. The lowest BCUT2D eigenvalue weighted by molar-refractivity contribution is -0.525. The highest BCUT2D eigenvalue weighted by Gasteiger charge is 2.68. The van der Waals surface area contributed by atoms with E-state index >= 15 is 0 Å². The van der Waals surface area contributed by atoms with Gasteiger partial charge >= 0.3 is 7.12 Å². The Hall–Kier alpha value is -2.41. The molecule has 3 aliphatic carbocycles. The SMILES string of the molecule is CC[C@H](C)C(=O)N[C@@H](CCCNC(=N)N[N+](=O)[O-])C(=O)N[C@@H](CC(C)C)B1O[C@@H]2C[C@@H]3C[C@@H](C3(C)C)[C@]2(C)O1. The molecular formula is C26H47BN6O6. The van der Waals surface area contributed by atoms with Gasteiger partial charge in [-0.1, -0.05) is 47.0 Å². The number of hydrazine groups is 1. The van der Waals surface area contributed by atoms with E-state index in [0.717, 1.165) is 12.8 Å². The Morgan fingerprint density at radius 2 is 1.85 bits per heavy atom. The molecule has 7 atom stereocenters. The summed E-state index contributed by atoms with van der Waals surface area (Å²) in [6.45, 7) is 14.9. The Morgan fingerprint density at radius 3 is 2.44 bits per heavy atom. The van der Waals surface area contributed by atoms with E-state index in [1.54, 1.807) is 5.43 Å². The van der Waals surface area contributed by atoms with Gasteiger partial charge in [0.2, 0.25) is 11.8 Å². The summed E-state index contributed by atoms with van der Waals surface area (Å²) in [6, 6.07) is -0.799. The predicted octanol–water partition coefficient (Wildman–Crippen LogP) is 2.40. The van der Waals surface area contributed by atoms with Gasteiger partial charge in [0.15, 0.2) is 5.03 Å². The van der Waals surface area contributed by atoms with E-state index in [-0.39, 0.29) is 53.3 Å². The summed E-state index contributed by atoms with van der Waals surface area (Å²) in [5.41, 5.74) is 1.56. The second-order valence-corrected chi connectivity index (χ2v) is 12.8. The van der Waals surface area contributed by atoms with Crippen LogP contribution in [0.2, 0.25) is 0 Å². The van der Waals surface area contributed by atoms with Gasteiger partial charge in [0.25, 0.3) is 5.96 Å². The number of hydrogen-bond donors (Lipinski definition) is 5. The van der Waals surface area contributed by atoms with Gasteiger partial charge in [-0.15, -0.1) is 0 Å². The third-order valence-electron chi connectivity index (χ3n) is 9.22. The van der Waals surface area contributed by atoms with Gasteiger partial charge < -0.3 is 25.3 Å². The number of rotatable bonds is 13. The minimum Gasteiger partial charge on any atom is -0.404 e. The summed E-state index contributed by atoms with van der Waals surface area (Å²) >= 11 is 0. The average Bonchev–Trinajstić information content (AvgIpc) is 3.21. The van der Waals surface area contributed by atoms with Crippen molar-refractivity contribution in [2.24, 2.45) is 29.1 Å². The van der Waals surface area contributed by atoms with Crippen molar-refractivity contribution in [2.45, 2.75) is 111 Å². The van der Waals surface area contributed by atoms with E-state index in [9.17, 15) is 19.7 Å². The fourth-order valence-electron chi connectivity index (χ4n) is 6.52. The van der Waals surface area contributed by atoms with Gasteiger partial charge in [-0.05, 0) is 68.6 Å². The molecule has 220 valence electrons. The summed E-state index contributed by atoms with van der Waals surface area (Å²) in [5, 5.41) is 25.8. The molecule has 0 radical (unpaired) electrons. The Bertz CT molecular complexity index is 935. The van der Waals surface area contributed by atoms with E-state index in [0.29, 0.717) is 37.5 Å². The molecule has 0 aromatic heterocycles. The van der Waals surface area contributed by atoms with E-state index in [2.05, 4.69) is 50.6 Å². The monoisotopic (exact) mass is 550 g/mol. The first-order valence-corrected chi connectivity index (χ1v) is 14.4. The zero-order chi connectivity index (χ0) is 29.1. The van der Waals surface area contributed by atoms with Crippen molar-refractivity contribution < 1.29 is 23.9 Å². The van der Waals surface area contributed by atoms with Crippen molar-refractivity contribution in [1.29, 1.82) is 5.41 Å². The number of nitro groups is 1. The van der Waals surface area contributed by atoms with Crippen LogP contribution >= 0.6 is 0 Å². The topological polar surface area (TPSA) is 168 Å². The number of guanidine groups is 1. The van der Waals surface area contributed by atoms with E-state index in [4.69, 9.17) is 14.7 Å². The molecule has 4 aliphatic rings. The number of carbonyl (C=O) groups excluding carboxylic acids is 2. The maximum Gasteiger partial charge on any atom is 0.481 e. The average molecular weight is 551 g/mol. The fraction of sp³-hybridized carbons (Fsp3) is 0.885. The molecular weight excluding hydrogens is 503 g/mol. The summed E-state index contributed by atoms with van der Waals surface area (Å²) < 4.78 is 13.1. The second kappa shape index (κ2) is 12.4. The normalized spacial score (nSPS) is 28.9. The maximum absolute atomic E-state index is 13.6. The van der Waals surface area contributed by atoms with Crippen LogP contribution in [0.1, 0.15) is 87.0 Å². The van der Waals surface area contributed by atoms with E-state index in [1.807, 2.05) is 13.8 Å². The maximum atomic E-state index is 13.6. The molecule has 2 amide bonds. The lowest BCUT2D eigenvalue weighted by atomic mass is 9.43.